The van der Waals surface area contributed by atoms with Crippen LogP contribution in [0.25, 0.3) is 0 Å². The molecule has 0 amide bonds. The zero-order valence-corrected chi connectivity index (χ0v) is 8.75. The molecule has 0 unspecified atom stereocenters. The van der Waals surface area contributed by atoms with Crippen LogP contribution in [-0.2, 0) is 0 Å². The molecule has 1 aromatic rings. The van der Waals surface area contributed by atoms with Crippen LogP contribution in [0.2, 0.25) is 0 Å². The fourth-order valence-corrected chi connectivity index (χ4v) is 1.63. The highest BCUT2D eigenvalue weighted by molar-refractivity contribution is 5.58. The van der Waals surface area contributed by atoms with E-state index in [0.717, 1.165) is 36.8 Å². The summed E-state index contributed by atoms with van der Waals surface area (Å²) >= 11 is 0. The molecule has 1 saturated heterocycles. The highest BCUT2D eigenvalue weighted by Crippen LogP contribution is 2.25. The quantitative estimate of drug-likeness (QED) is 0.786. The van der Waals surface area contributed by atoms with E-state index in [9.17, 15) is 0 Å². The second-order valence-corrected chi connectivity index (χ2v) is 3.54. The number of rotatable bonds is 3. The normalized spacial score (nSPS) is 15.1. The Hall–Kier alpha value is -1.32. The van der Waals surface area contributed by atoms with Crippen LogP contribution in [-0.4, -0.2) is 29.6 Å². The molecule has 4 nitrogen and oxygen atoms in total. The molecule has 1 aromatic heterocycles. The molecular weight excluding hydrogens is 176 g/mol. The number of nitrogens with one attached hydrogen (secondary N) is 1. The lowest BCUT2D eigenvalue weighted by Gasteiger charge is -2.33. The molecule has 14 heavy (non-hydrogen) atoms. The first-order valence-corrected chi connectivity index (χ1v) is 5.13. The standard InChI is InChI=1S/C10H16N4/c1-3-11-9-8(2)10(13-7-12-9)14-5-4-6-14/h7H,3-6H2,1-2H3,(H,11,12,13). The first-order chi connectivity index (χ1) is 6.83. The molecule has 1 aliphatic rings. The molecule has 4 heteroatoms. The Labute approximate surface area is 84.4 Å². The van der Waals surface area contributed by atoms with Crippen LogP contribution in [0.15, 0.2) is 6.33 Å². The predicted octanol–water partition coefficient (Wildman–Crippen LogP) is 1.43. The highest BCUT2D eigenvalue weighted by atomic mass is 15.2. The van der Waals surface area contributed by atoms with E-state index in [4.69, 9.17) is 0 Å². The third-order valence-corrected chi connectivity index (χ3v) is 2.56. The first kappa shape index (κ1) is 9.24. The van der Waals surface area contributed by atoms with Crippen LogP contribution < -0.4 is 10.2 Å². The molecule has 76 valence electrons. The van der Waals surface area contributed by atoms with Gasteiger partial charge in [0.25, 0.3) is 0 Å². The summed E-state index contributed by atoms with van der Waals surface area (Å²) in [5.74, 6) is 2.05. The number of hydrogen-bond donors (Lipinski definition) is 1. The zero-order valence-electron chi connectivity index (χ0n) is 8.75. The lowest BCUT2D eigenvalue weighted by Crippen LogP contribution is -2.38. The summed E-state index contributed by atoms with van der Waals surface area (Å²) in [6, 6.07) is 0. The van der Waals surface area contributed by atoms with Gasteiger partial charge in [0.05, 0.1) is 0 Å². The van der Waals surface area contributed by atoms with Crippen molar-refractivity contribution in [2.75, 3.05) is 29.9 Å². The fourth-order valence-electron chi connectivity index (χ4n) is 1.63. The van der Waals surface area contributed by atoms with Crippen LogP contribution in [0.5, 0.6) is 0 Å². The highest BCUT2D eigenvalue weighted by Gasteiger charge is 2.19. The van der Waals surface area contributed by atoms with Crippen molar-refractivity contribution in [1.29, 1.82) is 0 Å². The van der Waals surface area contributed by atoms with E-state index in [0.29, 0.717) is 0 Å². The Morgan fingerprint density at radius 3 is 2.79 bits per heavy atom. The van der Waals surface area contributed by atoms with Crippen LogP contribution in [0, 0.1) is 6.92 Å². The fraction of sp³-hybridized carbons (Fsp3) is 0.600. The number of aromatic nitrogens is 2. The van der Waals surface area contributed by atoms with Gasteiger partial charge in [0.2, 0.25) is 0 Å². The predicted molar refractivity (Wildman–Crippen MR) is 57.8 cm³/mol. The van der Waals surface area contributed by atoms with E-state index >= 15 is 0 Å². The number of hydrogen-bond acceptors (Lipinski definition) is 4. The molecular formula is C10H16N4. The Morgan fingerprint density at radius 2 is 2.21 bits per heavy atom. The van der Waals surface area contributed by atoms with Crippen LogP contribution in [0.1, 0.15) is 18.9 Å². The van der Waals surface area contributed by atoms with Crippen molar-refractivity contribution in [3.05, 3.63) is 11.9 Å². The van der Waals surface area contributed by atoms with Crippen molar-refractivity contribution in [2.45, 2.75) is 20.3 Å². The van der Waals surface area contributed by atoms with Gasteiger partial charge in [-0.15, -0.1) is 0 Å². The second kappa shape index (κ2) is 3.82. The maximum atomic E-state index is 4.32. The third-order valence-electron chi connectivity index (χ3n) is 2.56. The Kier molecular flexibility index (Phi) is 2.52. The van der Waals surface area contributed by atoms with Crippen molar-refractivity contribution >= 4 is 11.6 Å². The molecule has 0 atom stereocenters. The van der Waals surface area contributed by atoms with Crippen molar-refractivity contribution in [3.63, 3.8) is 0 Å². The Morgan fingerprint density at radius 1 is 1.43 bits per heavy atom. The van der Waals surface area contributed by atoms with E-state index in [1.54, 1.807) is 6.33 Å². The Balaban J connectivity index is 2.26. The van der Waals surface area contributed by atoms with E-state index in [1.165, 1.54) is 6.42 Å². The minimum atomic E-state index is 0.900. The smallest absolute Gasteiger partial charge is 0.137 e. The molecule has 0 aliphatic carbocycles. The van der Waals surface area contributed by atoms with Gasteiger partial charge in [-0.05, 0) is 20.3 Å². The number of anilines is 2. The van der Waals surface area contributed by atoms with Crippen LogP contribution in [0.4, 0.5) is 11.6 Å². The van der Waals surface area contributed by atoms with Crippen molar-refractivity contribution < 1.29 is 0 Å². The van der Waals surface area contributed by atoms with Gasteiger partial charge in [-0.1, -0.05) is 0 Å². The van der Waals surface area contributed by atoms with Gasteiger partial charge in [-0.2, -0.15) is 0 Å². The van der Waals surface area contributed by atoms with Gasteiger partial charge >= 0.3 is 0 Å². The average Bonchev–Trinajstić information content (AvgIpc) is 2.09. The summed E-state index contributed by atoms with van der Waals surface area (Å²) in [7, 11) is 0. The molecule has 0 aromatic carbocycles. The molecule has 2 rings (SSSR count). The molecule has 0 bridgehead atoms. The summed E-state index contributed by atoms with van der Waals surface area (Å²) < 4.78 is 0. The SMILES string of the molecule is CCNc1ncnc(N2CCC2)c1C. The van der Waals surface area contributed by atoms with Gasteiger partial charge < -0.3 is 10.2 Å². The third kappa shape index (κ3) is 1.52. The second-order valence-electron chi connectivity index (χ2n) is 3.54. The lowest BCUT2D eigenvalue weighted by molar-refractivity contribution is 0.607. The average molecular weight is 192 g/mol. The largest absolute Gasteiger partial charge is 0.370 e. The minimum absolute atomic E-state index is 0.900. The molecule has 2 heterocycles. The van der Waals surface area contributed by atoms with Crippen molar-refractivity contribution in [2.24, 2.45) is 0 Å². The molecule has 0 saturated carbocycles. The van der Waals surface area contributed by atoms with Crippen LogP contribution in [0.3, 0.4) is 0 Å². The van der Waals surface area contributed by atoms with Gasteiger partial charge in [-0.3, -0.25) is 0 Å². The van der Waals surface area contributed by atoms with E-state index in [2.05, 4.69) is 34.0 Å². The summed E-state index contributed by atoms with van der Waals surface area (Å²) in [6.45, 7) is 7.31. The maximum Gasteiger partial charge on any atom is 0.137 e. The number of nitrogens with zero attached hydrogens (tertiary/aromatic N) is 3. The van der Waals surface area contributed by atoms with Gasteiger partial charge in [0, 0.05) is 25.2 Å². The molecule has 0 radical (unpaired) electrons. The minimum Gasteiger partial charge on any atom is -0.370 e. The molecule has 1 N–H and O–H groups in total. The zero-order chi connectivity index (χ0) is 9.97. The van der Waals surface area contributed by atoms with E-state index < -0.39 is 0 Å². The monoisotopic (exact) mass is 192 g/mol. The van der Waals surface area contributed by atoms with Crippen molar-refractivity contribution in [3.8, 4) is 0 Å². The first-order valence-electron chi connectivity index (χ1n) is 5.13. The topological polar surface area (TPSA) is 41.1 Å². The summed E-state index contributed by atoms with van der Waals surface area (Å²) in [6.07, 6.45) is 2.92. The van der Waals surface area contributed by atoms with E-state index in [-0.39, 0.29) is 0 Å². The maximum absolute atomic E-state index is 4.32. The summed E-state index contributed by atoms with van der Waals surface area (Å²) in [5, 5.41) is 3.24. The molecule has 0 spiro atoms. The molecule has 1 fully saturated rings. The van der Waals surface area contributed by atoms with Gasteiger partial charge in [0.1, 0.15) is 18.0 Å². The van der Waals surface area contributed by atoms with Gasteiger partial charge in [-0.25, -0.2) is 9.97 Å². The van der Waals surface area contributed by atoms with Gasteiger partial charge in [0.15, 0.2) is 0 Å². The van der Waals surface area contributed by atoms with E-state index in [1.807, 2.05) is 0 Å². The lowest BCUT2D eigenvalue weighted by atomic mass is 10.2. The summed E-state index contributed by atoms with van der Waals surface area (Å²) in [4.78, 5) is 10.8. The van der Waals surface area contributed by atoms with Crippen LogP contribution >= 0.6 is 0 Å². The Bertz CT molecular complexity index is 320. The summed E-state index contributed by atoms with van der Waals surface area (Å²) in [5.41, 5.74) is 1.16. The van der Waals surface area contributed by atoms with Crippen molar-refractivity contribution in [1.82, 2.24) is 9.97 Å². The molecule has 1 aliphatic heterocycles.